The molecule has 0 aromatic rings. The fraction of sp³-hybridized carbons (Fsp3) is 1.00. The summed E-state index contributed by atoms with van der Waals surface area (Å²) in [6.45, 7) is 4.43. The molecule has 0 saturated carbocycles. The molecule has 5 heteroatoms. The molecule has 1 heterocycles. The van der Waals surface area contributed by atoms with Crippen LogP contribution >= 0.6 is 0 Å². The van der Waals surface area contributed by atoms with Gasteiger partial charge in [0.15, 0.2) is 0 Å². The third kappa shape index (κ3) is 3.34. The Kier molecular flexibility index (Phi) is 4.00. The van der Waals surface area contributed by atoms with Crippen molar-refractivity contribution in [3.05, 3.63) is 0 Å². The normalized spacial score (nSPS) is 28.8. The molecule has 1 rings (SSSR count). The molecule has 1 saturated heterocycles. The van der Waals surface area contributed by atoms with Crippen molar-refractivity contribution in [1.82, 2.24) is 4.90 Å². The topological polar surface area (TPSA) is 29.3 Å². The van der Waals surface area contributed by atoms with Crippen molar-refractivity contribution < 1.29 is 13.2 Å². The number of hydrogen-bond acceptors (Lipinski definition) is 2. The van der Waals surface area contributed by atoms with Crippen molar-refractivity contribution in [2.24, 2.45) is 11.7 Å². The Labute approximate surface area is 88.6 Å². The Balaban J connectivity index is 2.71. The lowest BCUT2D eigenvalue weighted by Crippen LogP contribution is -2.57. The summed E-state index contributed by atoms with van der Waals surface area (Å²) in [4.78, 5) is 1.48. The van der Waals surface area contributed by atoms with Gasteiger partial charge in [-0.25, -0.2) is 0 Å². The summed E-state index contributed by atoms with van der Waals surface area (Å²) >= 11 is 0. The SMILES string of the molecule is CC1CCCN(C(C(C)N)C(F)(F)F)C1. The molecular formula is C10H19F3N2. The molecule has 2 N–H and O–H groups in total. The van der Waals surface area contributed by atoms with E-state index in [0.717, 1.165) is 12.8 Å². The molecule has 1 aliphatic rings. The Hall–Kier alpha value is -0.290. The number of piperidine rings is 1. The molecule has 15 heavy (non-hydrogen) atoms. The van der Waals surface area contributed by atoms with Crippen LogP contribution in [0.25, 0.3) is 0 Å². The molecular weight excluding hydrogens is 205 g/mol. The van der Waals surface area contributed by atoms with Gasteiger partial charge in [-0.1, -0.05) is 6.92 Å². The summed E-state index contributed by atoms with van der Waals surface area (Å²) in [5, 5.41) is 0. The lowest BCUT2D eigenvalue weighted by Gasteiger charge is -2.39. The minimum Gasteiger partial charge on any atom is -0.326 e. The molecule has 0 bridgehead atoms. The van der Waals surface area contributed by atoms with Crippen LogP contribution in [0.1, 0.15) is 26.7 Å². The van der Waals surface area contributed by atoms with Crippen molar-refractivity contribution in [3.8, 4) is 0 Å². The predicted molar refractivity (Wildman–Crippen MR) is 53.5 cm³/mol. The summed E-state index contributed by atoms with van der Waals surface area (Å²) < 4.78 is 38.3. The molecule has 0 amide bonds. The molecule has 1 fully saturated rings. The van der Waals surface area contributed by atoms with Crippen molar-refractivity contribution >= 4 is 0 Å². The smallest absolute Gasteiger partial charge is 0.326 e. The predicted octanol–water partition coefficient (Wildman–Crippen LogP) is 2.00. The van der Waals surface area contributed by atoms with E-state index < -0.39 is 18.3 Å². The van der Waals surface area contributed by atoms with E-state index in [1.54, 1.807) is 0 Å². The van der Waals surface area contributed by atoms with Crippen LogP contribution in [0.2, 0.25) is 0 Å². The maximum atomic E-state index is 12.8. The Morgan fingerprint density at radius 3 is 2.40 bits per heavy atom. The zero-order valence-electron chi connectivity index (χ0n) is 9.22. The second kappa shape index (κ2) is 4.70. The summed E-state index contributed by atoms with van der Waals surface area (Å²) in [6, 6.07) is -2.35. The fourth-order valence-electron chi connectivity index (χ4n) is 2.32. The van der Waals surface area contributed by atoms with E-state index >= 15 is 0 Å². The van der Waals surface area contributed by atoms with Crippen LogP contribution < -0.4 is 5.73 Å². The van der Waals surface area contributed by atoms with Gasteiger partial charge in [0.05, 0.1) is 0 Å². The monoisotopic (exact) mass is 224 g/mol. The highest BCUT2D eigenvalue weighted by atomic mass is 19.4. The Morgan fingerprint density at radius 1 is 1.40 bits per heavy atom. The van der Waals surface area contributed by atoms with Crippen LogP contribution in [0, 0.1) is 5.92 Å². The molecule has 2 nitrogen and oxygen atoms in total. The van der Waals surface area contributed by atoms with E-state index in [2.05, 4.69) is 0 Å². The van der Waals surface area contributed by atoms with Gasteiger partial charge in [-0.15, -0.1) is 0 Å². The third-order valence-corrected chi connectivity index (χ3v) is 2.92. The van der Waals surface area contributed by atoms with Crippen LogP contribution in [-0.2, 0) is 0 Å². The van der Waals surface area contributed by atoms with Gasteiger partial charge in [0, 0.05) is 12.6 Å². The summed E-state index contributed by atoms with van der Waals surface area (Å²) in [7, 11) is 0. The highest BCUT2D eigenvalue weighted by molar-refractivity contribution is 4.88. The average Bonchev–Trinajstić information content (AvgIpc) is 1.99. The fourth-order valence-corrected chi connectivity index (χ4v) is 2.32. The number of hydrogen-bond donors (Lipinski definition) is 1. The van der Waals surface area contributed by atoms with E-state index in [-0.39, 0.29) is 0 Å². The lowest BCUT2D eigenvalue weighted by molar-refractivity contribution is -0.192. The first-order valence-corrected chi connectivity index (χ1v) is 5.38. The third-order valence-electron chi connectivity index (χ3n) is 2.92. The van der Waals surface area contributed by atoms with Crippen molar-refractivity contribution in [2.45, 2.75) is 44.9 Å². The molecule has 0 aromatic heterocycles. The quantitative estimate of drug-likeness (QED) is 0.777. The second-order valence-electron chi connectivity index (χ2n) is 4.59. The van der Waals surface area contributed by atoms with Gasteiger partial charge in [0.25, 0.3) is 0 Å². The molecule has 0 radical (unpaired) electrons. The van der Waals surface area contributed by atoms with Gasteiger partial charge in [-0.3, -0.25) is 4.90 Å². The molecule has 3 atom stereocenters. The van der Waals surface area contributed by atoms with Crippen LogP contribution in [0.3, 0.4) is 0 Å². The van der Waals surface area contributed by atoms with Gasteiger partial charge in [-0.05, 0) is 32.2 Å². The first-order valence-electron chi connectivity index (χ1n) is 5.38. The maximum Gasteiger partial charge on any atom is 0.405 e. The van der Waals surface area contributed by atoms with Crippen molar-refractivity contribution in [2.75, 3.05) is 13.1 Å². The highest BCUT2D eigenvalue weighted by Crippen LogP contribution is 2.29. The summed E-state index contributed by atoms with van der Waals surface area (Å²) in [5.41, 5.74) is 5.44. The maximum absolute atomic E-state index is 12.8. The zero-order valence-corrected chi connectivity index (χ0v) is 9.22. The minimum absolute atomic E-state index is 0.336. The van der Waals surface area contributed by atoms with Crippen LogP contribution in [-0.4, -0.2) is 36.2 Å². The van der Waals surface area contributed by atoms with Gasteiger partial charge in [-0.2, -0.15) is 13.2 Å². The number of alkyl halides is 3. The molecule has 1 aliphatic heterocycles. The molecule has 0 aromatic carbocycles. The van der Waals surface area contributed by atoms with E-state index in [1.807, 2.05) is 6.92 Å². The lowest BCUT2D eigenvalue weighted by atomic mass is 9.97. The van der Waals surface area contributed by atoms with Gasteiger partial charge in [0.1, 0.15) is 6.04 Å². The molecule has 3 unspecified atom stereocenters. The average molecular weight is 224 g/mol. The van der Waals surface area contributed by atoms with Crippen LogP contribution in [0.15, 0.2) is 0 Å². The van der Waals surface area contributed by atoms with Crippen LogP contribution in [0.5, 0.6) is 0 Å². The number of halogens is 3. The Bertz CT molecular complexity index is 203. The van der Waals surface area contributed by atoms with E-state index in [4.69, 9.17) is 5.73 Å². The first kappa shape index (κ1) is 12.8. The van der Waals surface area contributed by atoms with Gasteiger partial charge in [0.2, 0.25) is 0 Å². The standard InChI is InChI=1S/C10H19F3N2/c1-7-4-3-5-15(6-7)9(8(2)14)10(11,12)13/h7-9H,3-6,14H2,1-2H3. The molecule has 0 spiro atoms. The highest BCUT2D eigenvalue weighted by Gasteiger charge is 2.46. The Morgan fingerprint density at radius 2 is 2.00 bits per heavy atom. The van der Waals surface area contributed by atoms with E-state index in [1.165, 1.54) is 11.8 Å². The van der Waals surface area contributed by atoms with Gasteiger partial charge < -0.3 is 5.73 Å². The van der Waals surface area contributed by atoms with E-state index in [0.29, 0.717) is 19.0 Å². The molecule has 0 aliphatic carbocycles. The summed E-state index contributed by atoms with van der Waals surface area (Å²) in [6.07, 6.45) is -2.37. The van der Waals surface area contributed by atoms with Gasteiger partial charge >= 0.3 is 6.18 Å². The van der Waals surface area contributed by atoms with Crippen molar-refractivity contribution in [3.63, 3.8) is 0 Å². The number of nitrogens with two attached hydrogens (primary N) is 1. The first-order chi connectivity index (χ1) is 6.82. The number of nitrogens with zero attached hydrogens (tertiary/aromatic N) is 1. The largest absolute Gasteiger partial charge is 0.405 e. The van der Waals surface area contributed by atoms with Crippen LogP contribution in [0.4, 0.5) is 13.2 Å². The number of likely N-dealkylation sites (tertiary alicyclic amines) is 1. The molecule has 90 valence electrons. The van der Waals surface area contributed by atoms with Crippen molar-refractivity contribution in [1.29, 1.82) is 0 Å². The number of rotatable bonds is 2. The summed E-state index contributed by atoms with van der Waals surface area (Å²) in [5.74, 6) is 0.336. The second-order valence-corrected chi connectivity index (χ2v) is 4.59. The van der Waals surface area contributed by atoms with E-state index in [9.17, 15) is 13.2 Å². The zero-order chi connectivity index (χ0) is 11.6. The minimum atomic E-state index is -4.22.